The third-order valence-corrected chi connectivity index (χ3v) is 8.41. The fourth-order valence-corrected chi connectivity index (χ4v) is 7.01. The zero-order chi connectivity index (χ0) is 21.4. The van der Waals surface area contributed by atoms with Crippen LogP contribution < -0.4 is 4.90 Å². The topological polar surface area (TPSA) is 12.5 Å². The van der Waals surface area contributed by atoms with Crippen LogP contribution in [0.5, 0.6) is 0 Å². The molecule has 32 heavy (non-hydrogen) atoms. The lowest BCUT2D eigenvalue weighted by atomic mass is 9.92. The van der Waals surface area contributed by atoms with Gasteiger partial charge in [-0.05, 0) is 36.6 Å². The van der Waals surface area contributed by atoms with Crippen molar-refractivity contribution in [1.29, 1.82) is 0 Å². The van der Waals surface area contributed by atoms with Gasteiger partial charge in [0.1, 0.15) is 5.76 Å². The first-order valence-corrected chi connectivity index (χ1v) is 12.4. The highest BCUT2D eigenvalue weighted by Crippen LogP contribution is 2.60. The quantitative estimate of drug-likeness (QED) is 0.413. The lowest BCUT2D eigenvalue weighted by Crippen LogP contribution is -2.44. The summed E-state index contributed by atoms with van der Waals surface area (Å²) in [5.41, 5.74) is 3.68. The third-order valence-electron chi connectivity index (χ3n) is 6.79. The van der Waals surface area contributed by atoms with Crippen LogP contribution in [0.4, 0.5) is 5.69 Å². The van der Waals surface area contributed by atoms with Crippen LogP contribution in [0.1, 0.15) is 49.1 Å². The minimum absolute atomic E-state index is 0.0390. The number of hydrogen-bond acceptors (Lipinski definition) is 3. The normalized spacial score (nSPS) is 21.8. The summed E-state index contributed by atoms with van der Waals surface area (Å²) in [6, 6.07) is 32.2. The Morgan fingerprint density at radius 2 is 1.38 bits per heavy atom. The van der Waals surface area contributed by atoms with Crippen molar-refractivity contribution < 1.29 is 4.74 Å². The number of allylic oxidation sites excluding steroid dienone is 2. The van der Waals surface area contributed by atoms with E-state index in [1.165, 1.54) is 48.3 Å². The van der Waals surface area contributed by atoms with Gasteiger partial charge in [0, 0.05) is 17.2 Å². The van der Waals surface area contributed by atoms with Crippen LogP contribution in [0.25, 0.3) is 5.76 Å². The summed E-state index contributed by atoms with van der Waals surface area (Å²) in [6.45, 7) is 0. The lowest BCUT2D eigenvalue weighted by molar-refractivity contribution is 0.313. The molecule has 0 aromatic heterocycles. The monoisotopic (exact) mass is 437 g/mol. The van der Waals surface area contributed by atoms with Crippen LogP contribution in [0.2, 0.25) is 0 Å². The first kappa shape index (κ1) is 19.8. The highest BCUT2D eigenvalue weighted by Gasteiger charge is 2.51. The smallest absolute Gasteiger partial charge is 0.212 e. The van der Waals surface area contributed by atoms with Crippen LogP contribution >= 0.6 is 11.8 Å². The molecular formula is C29H27NOS. The number of nitrogens with zero attached hydrogens (tertiary/aromatic N) is 1. The van der Waals surface area contributed by atoms with E-state index < -0.39 is 0 Å². The second-order valence-corrected chi connectivity index (χ2v) is 10.2. The summed E-state index contributed by atoms with van der Waals surface area (Å²) in [5.74, 6) is 2.18. The van der Waals surface area contributed by atoms with Gasteiger partial charge in [0.2, 0.25) is 5.88 Å². The van der Waals surface area contributed by atoms with Crippen LogP contribution in [-0.4, -0.2) is 4.87 Å². The molecule has 3 aliphatic rings. The van der Waals surface area contributed by atoms with Gasteiger partial charge in [0.25, 0.3) is 0 Å². The van der Waals surface area contributed by atoms with Crippen molar-refractivity contribution in [2.75, 3.05) is 4.90 Å². The van der Waals surface area contributed by atoms with Gasteiger partial charge in [-0.3, -0.25) is 4.90 Å². The summed E-state index contributed by atoms with van der Waals surface area (Å²) in [5, 5.41) is 0. The van der Waals surface area contributed by atoms with Gasteiger partial charge in [-0.2, -0.15) is 0 Å². The van der Waals surface area contributed by atoms with E-state index in [9.17, 15) is 0 Å². The molecule has 3 aromatic rings. The van der Waals surface area contributed by atoms with Gasteiger partial charge >= 0.3 is 0 Å². The summed E-state index contributed by atoms with van der Waals surface area (Å²) in [4.78, 5) is 3.91. The molecule has 0 N–H and O–H groups in total. The van der Waals surface area contributed by atoms with Gasteiger partial charge in [-0.15, -0.1) is 0 Å². The number of ether oxygens (including phenoxy) is 1. The van der Waals surface area contributed by atoms with Crippen LogP contribution in [0.15, 0.2) is 108 Å². The Balaban J connectivity index is 1.51. The predicted octanol–water partition coefficient (Wildman–Crippen LogP) is 7.92. The van der Waals surface area contributed by atoms with Crippen molar-refractivity contribution in [3.63, 3.8) is 0 Å². The van der Waals surface area contributed by atoms with Crippen molar-refractivity contribution in [2.24, 2.45) is 0 Å². The summed E-state index contributed by atoms with van der Waals surface area (Å²) >= 11 is 2.06. The largest absolute Gasteiger partial charge is 0.440 e. The van der Waals surface area contributed by atoms with E-state index in [0.29, 0.717) is 0 Å². The maximum Gasteiger partial charge on any atom is 0.212 e. The Morgan fingerprint density at radius 3 is 2.06 bits per heavy atom. The number of hydrogen-bond donors (Lipinski definition) is 0. The number of thioether (sulfide) groups is 1. The maximum absolute atomic E-state index is 6.79. The molecule has 2 heterocycles. The minimum atomic E-state index is 0.0390. The molecule has 2 aliphatic heterocycles. The molecule has 6 rings (SSSR count). The van der Waals surface area contributed by atoms with Crippen LogP contribution in [-0.2, 0) is 4.74 Å². The van der Waals surface area contributed by atoms with Crippen molar-refractivity contribution in [3.05, 3.63) is 119 Å². The van der Waals surface area contributed by atoms with E-state index in [1.807, 2.05) is 0 Å². The summed E-state index contributed by atoms with van der Waals surface area (Å²) in [7, 11) is 0. The molecule has 160 valence electrons. The van der Waals surface area contributed by atoms with Gasteiger partial charge in [0.15, 0.2) is 0 Å². The molecule has 0 amide bonds. The van der Waals surface area contributed by atoms with Gasteiger partial charge < -0.3 is 4.74 Å². The standard InChI is InChI=1S/C29H27NOS/c1-5-13-22(14-6-1)25-21-26(23-15-7-2-8-16-23)31-28-27(25)32-29(19-11-4-12-20-29)30(28)24-17-9-3-10-18-24/h1-3,5-10,13-18,21,25H,4,11-12,19-20H2. The van der Waals surface area contributed by atoms with E-state index in [0.717, 1.165) is 17.2 Å². The summed E-state index contributed by atoms with van der Waals surface area (Å²) in [6.07, 6.45) is 8.56. The van der Waals surface area contributed by atoms with Gasteiger partial charge in [-0.1, -0.05) is 110 Å². The number of para-hydroxylation sites is 1. The van der Waals surface area contributed by atoms with Gasteiger partial charge in [-0.25, -0.2) is 0 Å². The average Bonchev–Trinajstić information content (AvgIpc) is 3.18. The van der Waals surface area contributed by atoms with Crippen molar-refractivity contribution in [1.82, 2.24) is 0 Å². The summed E-state index contributed by atoms with van der Waals surface area (Å²) < 4.78 is 6.79. The molecule has 0 saturated heterocycles. The zero-order valence-corrected chi connectivity index (χ0v) is 18.9. The zero-order valence-electron chi connectivity index (χ0n) is 18.1. The number of rotatable bonds is 3. The highest BCUT2D eigenvalue weighted by atomic mass is 32.2. The molecule has 1 fully saturated rings. The second-order valence-electron chi connectivity index (χ2n) is 8.84. The van der Waals surface area contributed by atoms with E-state index >= 15 is 0 Å². The van der Waals surface area contributed by atoms with Crippen LogP contribution in [0.3, 0.4) is 0 Å². The van der Waals surface area contributed by atoms with Crippen LogP contribution in [0, 0.1) is 0 Å². The first-order valence-electron chi connectivity index (χ1n) is 11.6. The molecule has 1 spiro atoms. The van der Waals surface area contributed by atoms with E-state index in [-0.39, 0.29) is 10.8 Å². The highest BCUT2D eigenvalue weighted by molar-refractivity contribution is 8.04. The first-order chi connectivity index (χ1) is 15.8. The number of anilines is 1. The fraction of sp³-hybridized carbons (Fsp3) is 0.241. The average molecular weight is 438 g/mol. The number of benzene rings is 3. The van der Waals surface area contributed by atoms with E-state index in [2.05, 4.69) is 114 Å². The van der Waals surface area contributed by atoms with E-state index in [4.69, 9.17) is 4.74 Å². The second kappa shape index (κ2) is 8.22. The minimum Gasteiger partial charge on any atom is -0.440 e. The Bertz CT molecular complexity index is 1150. The molecule has 0 bridgehead atoms. The molecule has 1 saturated carbocycles. The predicted molar refractivity (Wildman–Crippen MR) is 134 cm³/mol. The lowest BCUT2D eigenvalue weighted by Gasteiger charge is -2.42. The molecule has 1 aliphatic carbocycles. The maximum atomic E-state index is 6.79. The molecule has 2 nitrogen and oxygen atoms in total. The SMILES string of the molecule is C1=C(c2ccccc2)OC2=C(SC3(CCCCC3)N2c2ccccc2)C1c1ccccc1. The van der Waals surface area contributed by atoms with Crippen molar-refractivity contribution in [3.8, 4) is 0 Å². The molecule has 3 heteroatoms. The molecule has 1 atom stereocenters. The van der Waals surface area contributed by atoms with E-state index in [1.54, 1.807) is 0 Å². The molecule has 3 aromatic carbocycles. The fourth-order valence-electron chi connectivity index (χ4n) is 5.27. The Hall–Kier alpha value is -2.91. The molecule has 1 unspecified atom stereocenters. The van der Waals surface area contributed by atoms with Gasteiger partial charge in [0.05, 0.1) is 9.78 Å². The molecule has 0 radical (unpaired) electrons. The third kappa shape index (κ3) is 3.36. The van der Waals surface area contributed by atoms with Crippen molar-refractivity contribution >= 4 is 23.2 Å². The Labute approximate surface area is 194 Å². The van der Waals surface area contributed by atoms with Crippen molar-refractivity contribution in [2.45, 2.75) is 42.9 Å². The Morgan fingerprint density at radius 1 is 0.750 bits per heavy atom. The Kier molecular flexibility index (Phi) is 5.07. The molecular weight excluding hydrogens is 410 g/mol.